The largest absolute Gasteiger partial charge is 0.333 e. The van der Waals surface area contributed by atoms with Crippen molar-refractivity contribution in [2.24, 2.45) is 5.14 Å². The monoisotopic (exact) mass is 271 g/mol. The molecule has 0 aliphatic rings. The highest BCUT2D eigenvalue weighted by Gasteiger charge is 2.14. The van der Waals surface area contributed by atoms with E-state index >= 15 is 0 Å². The summed E-state index contributed by atoms with van der Waals surface area (Å²) in [7, 11) is -3.77. The van der Waals surface area contributed by atoms with Gasteiger partial charge in [0.05, 0.1) is 4.90 Å². The van der Waals surface area contributed by atoms with Crippen LogP contribution in [0.3, 0.4) is 0 Å². The van der Waals surface area contributed by atoms with Crippen LogP contribution in [0, 0.1) is 0 Å². The summed E-state index contributed by atoms with van der Waals surface area (Å²) in [6.07, 6.45) is 0. The van der Waals surface area contributed by atoms with E-state index in [1.165, 1.54) is 18.2 Å². The van der Waals surface area contributed by atoms with Crippen molar-refractivity contribution in [3.8, 4) is 0 Å². The lowest BCUT2D eigenvalue weighted by atomic mass is 10.1. The van der Waals surface area contributed by atoms with Crippen LogP contribution < -0.4 is 15.8 Å². The maximum atomic E-state index is 11.6. The smallest absolute Gasteiger partial charge is 0.319 e. The molecule has 100 valence electrons. The Kier molecular flexibility index (Phi) is 3.98. The SMILES string of the molecule is CC(C)(C)NC(=O)Nc1cccc(S(N)(=O)=O)c1. The molecule has 2 amide bonds. The first kappa shape index (κ1) is 14.5. The van der Waals surface area contributed by atoms with Gasteiger partial charge in [-0.1, -0.05) is 6.07 Å². The van der Waals surface area contributed by atoms with Crippen molar-refractivity contribution in [2.45, 2.75) is 31.2 Å². The molecule has 1 rings (SSSR count). The summed E-state index contributed by atoms with van der Waals surface area (Å²) in [4.78, 5) is 11.5. The molecule has 0 fully saturated rings. The zero-order valence-electron chi connectivity index (χ0n) is 10.5. The molecule has 0 bridgehead atoms. The van der Waals surface area contributed by atoms with Gasteiger partial charge in [-0.05, 0) is 39.0 Å². The van der Waals surface area contributed by atoms with E-state index in [-0.39, 0.29) is 10.4 Å². The molecular weight excluding hydrogens is 254 g/mol. The predicted octanol–water partition coefficient (Wildman–Crippen LogP) is 1.25. The third-order valence-corrected chi connectivity index (χ3v) is 2.82. The molecule has 0 aliphatic heterocycles. The molecule has 18 heavy (non-hydrogen) atoms. The Labute approximate surface area is 107 Å². The third kappa shape index (κ3) is 4.72. The average Bonchev–Trinajstić information content (AvgIpc) is 2.13. The lowest BCUT2D eigenvalue weighted by Gasteiger charge is -2.20. The summed E-state index contributed by atoms with van der Waals surface area (Å²) in [5.41, 5.74) is -0.00923. The maximum Gasteiger partial charge on any atom is 0.319 e. The van der Waals surface area contributed by atoms with Crippen LogP contribution in [0.5, 0.6) is 0 Å². The van der Waals surface area contributed by atoms with Crippen LogP contribution >= 0.6 is 0 Å². The Hall–Kier alpha value is -1.60. The maximum absolute atomic E-state index is 11.6. The van der Waals surface area contributed by atoms with Crippen molar-refractivity contribution in [1.29, 1.82) is 0 Å². The number of hydrogen-bond donors (Lipinski definition) is 3. The van der Waals surface area contributed by atoms with Gasteiger partial charge in [-0.25, -0.2) is 18.4 Å². The van der Waals surface area contributed by atoms with Gasteiger partial charge in [0.25, 0.3) is 0 Å². The van der Waals surface area contributed by atoms with Gasteiger partial charge in [-0.2, -0.15) is 0 Å². The van der Waals surface area contributed by atoms with Gasteiger partial charge in [0.15, 0.2) is 0 Å². The quantitative estimate of drug-likeness (QED) is 0.754. The van der Waals surface area contributed by atoms with E-state index in [0.717, 1.165) is 0 Å². The number of carbonyl (C=O) groups is 1. The van der Waals surface area contributed by atoms with Crippen LogP contribution in [0.2, 0.25) is 0 Å². The van der Waals surface area contributed by atoms with E-state index in [9.17, 15) is 13.2 Å². The fourth-order valence-electron chi connectivity index (χ4n) is 1.25. The first-order chi connectivity index (χ1) is 8.08. The molecule has 0 atom stereocenters. The van der Waals surface area contributed by atoms with E-state index in [0.29, 0.717) is 5.69 Å². The molecular formula is C11H17N3O3S. The molecule has 6 nitrogen and oxygen atoms in total. The van der Waals surface area contributed by atoms with Gasteiger partial charge in [0, 0.05) is 11.2 Å². The van der Waals surface area contributed by atoms with Crippen molar-refractivity contribution in [2.75, 3.05) is 5.32 Å². The second-order valence-corrected chi connectivity index (χ2v) is 6.46. The Morgan fingerprint density at radius 2 is 1.89 bits per heavy atom. The summed E-state index contributed by atoms with van der Waals surface area (Å²) in [5, 5.41) is 10.2. The standard InChI is InChI=1S/C11H17N3O3S/c1-11(2,3)14-10(15)13-8-5-4-6-9(7-8)18(12,16)17/h4-7H,1-3H3,(H2,12,16,17)(H2,13,14,15). The minimum absolute atomic E-state index is 0.0453. The molecule has 4 N–H and O–H groups in total. The topological polar surface area (TPSA) is 101 Å². The van der Waals surface area contributed by atoms with Gasteiger partial charge >= 0.3 is 6.03 Å². The fraction of sp³-hybridized carbons (Fsp3) is 0.364. The minimum Gasteiger partial charge on any atom is -0.333 e. The molecule has 0 saturated heterocycles. The number of nitrogens with one attached hydrogen (secondary N) is 2. The van der Waals surface area contributed by atoms with Gasteiger partial charge < -0.3 is 10.6 Å². The zero-order chi connectivity index (χ0) is 14.0. The Bertz CT molecular complexity index is 547. The Morgan fingerprint density at radius 3 is 2.39 bits per heavy atom. The van der Waals surface area contributed by atoms with E-state index in [4.69, 9.17) is 5.14 Å². The molecule has 0 radical (unpaired) electrons. The zero-order valence-corrected chi connectivity index (χ0v) is 11.3. The number of benzene rings is 1. The molecule has 1 aromatic rings. The lowest BCUT2D eigenvalue weighted by Crippen LogP contribution is -2.43. The van der Waals surface area contributed by atoms with Crippen molar-refractivity contribution in [1.82, 2.24) is 5.32 Å². The molecule has 0 spiro atoms. The number of urea groups is 1. The van der Waals surface area contributed by atoms with Gasteiger partial charge in [0.2, 0.25) is 10.0 Å². The summed E-state index contributed by atoms with van der Waals surface area (Å²) in [6, 6.07) is 5.34. The number of hydrogen-bond acceptors (Lipinski definition) is 3. The summed E-state index contributed by atoms with van der Waals surface area (Å²) >= 11 is 0. The molecule has 1 aromatic carbocycles. The highest BCUT2D eigenvalue weighted by molar-refractivity contribution is 7.89. The van der Waals surface area contributed by atoms with E-state index < -0.39 is 16.1 Å². The highest BCUT2D eigenvalue weighted by Crippen LogP contribution is 2.14. The van der Waals surface area contributed by atoms with Gasteiger partial charge in [0.1, 0.15) is 0 Å². The van der Waals surface area contributed by atoms with Crippen LogP contribution in [0.15, 0.2) is 29.2 Å². The first-order valence-electron chi connectivity index (χ1n) is 5.30. The van der Waals surface area contributed by atoms with Crippen LogP contribution in [-0.4, -0.2) is 20.0 Å². The van der Waals surface area contributed by atoms with E-state index in [1.54, 1.807) is 6.07 Å². The van der Waals surface area contributed by atoms with Crippen molar-refractivity contribution < 1.29 is 13.2 Å². The minimum atomic E-state index is -3.77. The summed E-state index contributed by atoms with van der Waals surface area (Å²) in [6.45, 7) is 5.52. The first-order valence-corrected chi connectivity index (χ1v) is 6.84. The van der Waals surface area contributed by atoms with Crippen LogP contribution in [0.25, 0.3) is 0 Å². The lowest BCUT2D eigenvalue weighted by molar-refractivity contribution is 0.244. The van der Waals surface area contributed by atoms with Gasteiger partial charge in [-0.15, -0.1) is 0 Å². The van der Waals surface area contributed by atoms with Gasteiger partial charge in [-0.3, -0.25) is 0 Å². The Morgan fingerprint density at radius 1 is 1.28 bits per heavy atom. The number of carbonyl (C=O) groups excluding carboxylic acids is 1. The normalized spacial score (nSPS) is 12.0. The number of primary sulfonamides is 1. The number of amides is 2. The molecule has 0 aromatic heterocycles. The van der Waals surface area contributed by atoms with Crippen LogP contribution in [-0.2, 0) is 10.0 Å². The van der Waals surface area contributed by atoms with Crippen molar-refractivity contribution in [3.05, 3.63) is 24.3 Å². The summed E-state index contributed by atoms with van der Waals surface area (Å²) in [5.74, 6) is 0. The third-order valence-electron chi connectivity index (χ3n) is 1.91. The summed E-state index contributed by atoms with van der Waals surface area (Å²) < 4.78 is 22.3. The second-order valence-electron chi connectivity index (χ2n) is 4.90. The number of sulfonamides is 1. The highest BCUT2D eigenvalue weighted by atomic mass is 32.2. The second kappa shape index (κ2) is 4.95. The number of anilines is 1. The number of nitrogens with two attached hydrogens (primary N) is 1. The van der Waals surface area contributed by atoms with E-state index in [2.05, 4.69) is 10.6 Å². The number of rotatable bonds is 2. The molecule has 0 heterocycles. The van der Waals surface area contributed by atoms with Crippen LogP contribution in [0.1, 0.15) is 20.8 Å². The molecule has 0 unspecified atom stereocenters. The Balaban J connectivity index is 2.84. The fourth-order valence-corrected chi connectivity index (χ4v) is 1.81. The van der Waals surface area contributed by atoms with Crippen molar-refractivity contribution >= 4 is 21.7 Å². The molecule has 0 aliphatic carbocycles. The molecule has 0 saturated carbocycles. The average molecular weight is 271 g/mol. The predicted molar refractivity (Wildman–Crippen MR) is 69.7 cm³/mol. The molecule has 7 heteroatoms. The van der Waals surface area contributed by atoms with E-state index in [1.807, 2.05) is 20.8 Å². The van der Waals surface area contributed by atoms with Crippen molar-refractivity contribution in [3.63, 3.8) is 0 Å². The van der Waals surface area contributed by atoms with Crippen LogP contribution in [0.4, 0.5) is 10.5 Å².